The highest BCUT2D eigenvalue weighted by Crippen LogP contribution is 2.22. The van der Waals surface area contributed by atoms with Crippen LogP contribution in [0.2, 0.25) is 0 Å². The molecule has 0 saturated carbocycles. The van der Waals surface area contributed by atoms with E-state index in [1.54, 1.807) is 11.9 Å². The van der Waals surface area contributed by atoms with Gasteiger partial charge in [-0.05, 0) is 34.2 Å². The summed E-state index contributed by atoms with van der Waals surface area (Å²) in [5.74, 6) is 0. The van der Waals surface area contributed by atoms with E-state index < -0.39 is 11.1 Å². The molecular formula is C11H19N3O2. The van der Waals surface area contributed by atoms with Crippen LogP contribution in [0.25, 0.3) is 0 Å². The highest BCUT2D eigenvalue weighted by molar-refractivity contribution is 5.69. The van der Waals surface area contributed by atoms with Crippen molar-refractivity contribution in [2.24, 2.45) is 0 Å². The lowest BCUT2D eigenvalue weighted by atomic mass is 10.0. The molecule has 1 amide bonds. The van der Waals surface area contributed by atoms with E-state index in [1.807, 2.05) is 20.8 Å². The van der Waals surface area contributed by atoms with Crippen LogP contribution in [0, 0.1) is 11.3 Å². The average Bonchev–Trinajstić information content (AvgIpc) is 2.60. The molecule has 1 N–H and O–H groups in total. The van der Waals surface area contributed by atoms with Gasteiger partial charge in [0, 0.05) is 6.54 Å². The third kappa shape index (κ3) is 2.86. The molecule has 0 aromatic heterocycles. The maximum atomic E-state index is 11.7. The summed E-state index contributed by atoms with van der Waals surface area (Å²) in [6.07, 6.45) is 0.291. The zero-order valence-corrected chi connectivity index (χ0v) is 10.3. The minimum Gasteiger partial charge on any atom is -0.444 e. The topological polar surface area (TPSA) is 65.4 Å². The van der Waals surface area contributed by atoms with Gasteiger partial charge in [0.1, 0.15) is 11.1 Å². The van der Waals surface area contributed by atoms with Crippen LogP contribution in [0.4, 0.5) is 4.79 Å². The van der Waals surface area contributed by atoms with Crippen molar-refractivity contribution in [3.8, 4) is 6.07 Å². The molecule has 0 aromatic rings. The summed E-state index contributed by atoms with van der Waals surface area (Å²) in [6, 6.07) is 2.21. The average molecular weight is 225 g/mol. The molecule has 1 saturated heterocycles. The molecule has 1 fully saturated rings. The number of carbonyl (C=O) groups excluding carboxylic acids is 1. The molecule has 5 heteroatoms. The Morgan fingerprint density at radius 1 is 1.56 bits per heavy atom. The van der Waals surface area contributed by atoms with Crippen molar-refractivity contribution in [2.75, 3.05) is 20.1 Å². The van der Waals surface area contributed by atoms with Gasteiger partial charge < -0.3 is 15.0 Å². The van der Waals surface area contributed by atoms with Crippen molar-refractivity contribution in [3.05, 3.63) is 0 Å². The van der Waals surface area contributed by atoms with Crippen LogP contribution >= 0.6 is 0 Å². The molecular weight excluding hydrogens is 206 g/mol. The van der Waals surface area contributed by atoms with Crippen LogP contribution in [0.5, 0.6) is 0 Å². The van der Waals surface area contributed by atoms with E-state index in [1.165, 1.54) is 0 Å². The zero-order chi connectivity index (χ0) is 12.4. The first-order chi connectivity index (χ1) is 7.32. The van der Waals surface area contributed by atoms with Crippen molar-refractivity contribution in [1.82, 2.24) is 10.2 Å². The molecule has 0 radical (unpaired) electrons. The number of nitrogens with one attached hydrogen (secondary N) is 1. The zero-order valence-electron chi connectivity index (χ0n) is 10.3. The summed E-state index contributed by atoms with van der Waals surface area (Å²) in [5.41, 5.74) is -1.11. The Hall–Kier alpha value is -1.28. The van der Waals surface area contributed by atoms with Gasteiger partial charge in [0.05, 0.1) is 12.6 Å². The molecule has 0 spiro atoms. The number of ether oxygens (including phenoxy) is 1. The van der Waals surface area contributed by atoms with Crippen LogP contribution in [-0.4, -0.2) is 42.3 Å². The smallest absolute Gasteiger partial charge is 0.410 e. The Labute approximate surface area is 96.4 Å². The summed E-state index contributed by atoms with van der Waals surface area (Å²) in [6.45, 7) is 6.43. The Kier molecular flexibility index (Phi) is 3.44. The molecule has 1 atom stereocenters. The summed E-state index contributed by atoms with van der Waals surface area (Å²) < 4.78 is 5.25. The minimum atomic E-state index is -0.614. The first-order valence-corrected chi connectivity index (χ1v) is 5.40. The monoisotopic (exact) mass is 225 g/mol. The molecule has 0 aromatic carbocycles. The number of nitrogens with zero attached hydrogens (tertiary/aromatic N) is 2. The number of nitriles is 1. The molecule has 16 heavy (non-hydrogen) atoms. The number of hydrogen-bond acceptors (Lipinski definition) is 4. The van der Waals surface area contributed by atoms with Gasteiger partial charge >= 0.3 is 6.09 Å². The van der Waals surface area contributed by atoms with Gasteiger partial charge in [-0.25, -0.2) is 4.79 Å². The first-order valence-electron chi connectivity index (χ1n) is 5.40. The second-order valence-electron chi connectivity index (χ2n) is 5.10. The fraction of sp³-hybridized carbons (Fsp3) is 0.818. The summed E-state index contributed by atoms with van der Waals surface area (Å²) in [4.78, 5) is 13.3. The van der Waals surface area contributed by atoms with E-state index in [2.05, 4.69) is 11.4 Å². The molecule has 1 rings (SSSR count). The maximum absolute atomic E-state index is 11.7. The number of likely N-dealkylation sites (tertiary alicyclic amines) is 1. The molecule has 1 unspecified atom stereocenters. The number of rotatable bonds is 1. The van der Waals surface area contributed by atoms with Crippen molar-refractivity contribution in [2.45, 2.75) is 38.3 Å². The second kappa shape index (κ2) is 4.30. The number of amides is 1. The van der Waals surface area contributed by atoms with Crippen LogP contribution in [0.1, 0.15) is 27.2 Å². The lowest BCUT2D eigenvalue weighted by Crippen LogP contribution is -2.45. The van der Waals surface area contributed by atoms with Crippen molar-refractivity contribution >= 4 is 6.09 Å². The van der Waals surface area contributed by atoms with Gasteiger partial charge in [0.15, 0.2) is 0 Å². The normalized spacial score (nSPS) is 25.3. The largest absolute Gasteiger partial charge is 0.444 e. The number of hydrogen-bond donors (Lipinski definition) is 1. The van der Waals surface area contributed by atoms with Gasteiger partial charge in [-0.3, -0.25) is 0 Å². The van der Waals surface area contributed by atoms with Crippen LogP contribution in [0.3, 0.4) is 0 Å². The van der Waals surface area contributed by atoms with Crippen molar-refractivity contribution in [1.29, 1.82) is 5.26 Å². The third-order valence-corrected chi connectivity index (χ3v) is 2.61. The molecule has 5 nitrogen and oxygen atoms in total. The molecule has 1 aliphatic rings. The Morgan fingerprint density at radius 3 is 2.56 bits per heavy atom. The molecule has 1 heterocycles. The van der Waals surface area contributed by atoms with Crippen LogP contribution in [-0.2, 0) is 4.74 Å². The molecule has 0 aliphatic carbocycles. The third-order valence-electron chi connectivity index (χ3n) is 2.61. The summed E-state index contributed by atoms with van der Waals surface area (Å²) in [7, 11) is 1.74. The van der Waals surface area contributed by atoms with E-state index in [9.17, 15) is 4.79 Å². The standard InChI is InChI=1S/C11H19N3O2/c1-10(2,3)16-9(15)14-6-5-11(7-12,8-14)13-4/h13H,5-6,8H2,1-4H3. The van der Waals surface area contributed by atoms with Crippen LogP contribution < -0.4 is 5.32 Å². The van der Waals surface area contributed by atoms with E-state index >= 15 is 0 Å². The van der Waals surface area contributed by atoms with Crippen molar-refractivity contribution < 1.29 is 9.53 Å². The van der Waals surface area contributed by atoms with Gasteiger partial charge in [0.25, 0.3) is 0 Å². The van der Waals surface area contributed by atoms with Gasteiger partial charge in [-0.1, -0.05) is 0 Å². The SMILES string of the molecule is CNC1(C#N)CCN(C(=O)OC(C)(C)C)C1. The highest BCUT2D eigenvalue weighted by atomic mass is 16.6. The van der Waals surface area contributed by atoms with Gasteiger partial charge in [-0.2, -0.15) is 5.26 Å². The fourth-order valence-corrected chi connectivity index (χ4v) is 1.64. The predicted molar refractivity (Wildman–Crippen MR) is 59.8 cm³/mol. The van der Waals surface area contributed by atoms with Gasteiger partial charge in [-0.15, -0.1) is 0 Å². The number of carbonyl (C=O) groups is 1. The van der Waals surface area contributed by atoms with Gasteiger partial charge in [0.2, 0.25) is 0 Å². The summed E-state index contributed by atoms with van der Waals surface area (Å²) >= 11 is 0. The lowest BCUT2D eigenvalue weighted by molar-refractivity contribution is 0.0286. The van der Waals surface area contributed by atoms with E-state index in [-0.39, 0.29) is 6.09 Å². The van der Waals surface area contributed by atoms with E-state index in [0.29, 0.717) is 19.5 Å². The molecule has 90 valence electrons. The highest BCUT2D eigenvalue weighted by Gasteiger charge is 2.40. The summed E-state index contributed by atoms with van der Waals surface area (Å²) in [5, 5.41) is 12.0. The minimum absolute atomic E-state index is 0.347. The quantitative estimate of drug-likeness (QED) is 0.726. The first kappa shape index (κ1) is 12.8. The Balaban J connectivity index is 2.60. The Bertz CT molecular complexity index is 316. The second-order valence-corrected chi connectivity index (χ2v) is 5.10. The van der Waals surface area contributed by atoms with Crippen molar-refractivity contribution in [3.63, 3.8) is 0 Å². The van der Waals surface area contributed by atoms with E-state index in [4.69, 9.17) is 10.00 Å². The Morgan fingerprint density at radius 2 is 2.19 bits per heavy atom. The fourth-order valence-electron chi connectivity index (χ4n) is 1.64. The molecule has 1 aliphatic heterocycles. The predicted octanol–water partition coefficient (Wildman–Crippen LogP) is 1.11. The van der Waals surface area contributed by atoms with Crippen LogP contribution in [0.15, 0.2) is 0 Å². The lowest BCUT2D eigenvalue weighted by Gasteiger charge is -2.25. The number of likely N-dealkylation sites (N-methyl/N-ethyl adjacent to an activating group) is 1. The van der Waals surface area contributed by atoms with E-state index in [0.717, 1.165) is 0 Å². The maximum Gasteiger partial charge on any atom is 0.410 e. The molecule has 0 bridgehead atoms.